The maximum absolute atomic E-state index is 12.8. The molecule has 0 aliphatic heterocycles. The summed E-state index contributed by atoms with van der Waals surface area (Å²) in [6, 6.07) is 2.27. The average molecular weight is 277 g/mol. The van der Waals surface area contributed by atoms with Gasteiger partial charge in [0.05, 0.1) is 5.69 Å². The molecule has 1 fully saturated rings. The largest absolute Gasteiger partial charge is 0.397 e. The Balaban J connectivity index is 2.14. The summed E-state index contributed by atoms with van der Waals surface area (Å²) in [7, 11) is 0. The summed E-state index contributed by atoms with van der Waals surface area (Å²) in [5, 5.41) is 0. The highest BCUT2D eigenvalue weighted by atomic mass is 16.2. The van der Waals surface area contributed by atoms with Gasteiger partial charge in [-0.15, -0.1) is 0 Å². The number of amides is 1. The minimum Gasteiger partial charge on any atom is -0.397 e. The van der Waals surface area contributed by atoms with E-state index in [0.717, 1.165) is 44.5 Å². The first kappa shape index (κ1) is 14.9. The molecule has 2 N–H and O–H groups in total. The van der Waals surface area contributed by atoms with E-state index in [1.165, 1.54) is 0 Å². The Hall–Kier alpha value is -1.45. The van der Waals surface area contributed by atoms with Crippen LogP contribution >= 0.6 is 0 Å². The van der Waals surface area contributed by atoms with Gasteiger partial charge in [-0.25, -0.2) is 0 Å². The molecule has 1 aromatic rings. The molecule has 0 radical (unpaired) electrons. The Morgan fingerprint density at radius 1 is 1.50 bits per heavy atom. The van der Waals surface area contributed by atoms with Crippen molar-refractivity contribution in [3.63, 3.8) is 0 Å². The first-order valence-electron chi connectivity index (χ1n) is 7.79. The fourth-order valence-corrected chi connectivity index (χ4v) is 2.52. The molecule has 1 heterocycles. The predicted octanol–water partition coefficient (Wildman–Crippen LogP) is 3.13. The molecule has 4 nitrogen and oxygen atoms in total. The summed E-state index contributed by atoms with van der Waals surface area (Å²) >= 11 is 0. The molecule has 0 bridgehead atoms. The van der Waals surface area contributed by atoms with Crippen molar-refractivity contribution in [2.45, 2.75) is 59.0 Å². The molecular formula is C16H27N3O. The third kappa shape index (κ3) is 3.56. The second kappa shape index (κ2) is 6.33. The number of nitrogens with zero attached hydrogens (tertiary/aromatic N) is 2. The molecule has 0 aromatic carbocycles. The normalized spacial score (nSPS) is 14.8. The molecule has 0 atom stereocenters. The van der Waals surface area contributed by atoms with Gasteiger partial charge in [-0.2, -0.15) is 0 Å². The number of anilines is 1. The molecule has 20 heavy (non-hydrogen) atoms. The van der Waals surface area contributed by atoms with E-state index < -0.39 is 0 Å². The molecular weight excluding hydrogens is 250 g/mol. The summed E-state index contributed by atoms with van der Waals surface area (Å²) in [5.41, 5.74) is 7.30. The molecule has 1 aliphatic carbocycles. The Morgan fingerprint density at radius 2 is 2.20 bits per heavy atom. The lowest BCUT2D eigenvalue weighted by Crippen LogP contribution is -2.35. The van der Waals surface area contributed by atoms with E-state index in [2.05, 4.69) is 25.7 Å². The van der Waals surface area contributed by atoms with Crippen LogP contribution in [0.4, 0.5) is 5.69 Å². The lowest BCUT2D eigenvalue weighted by Gasteiger charge is -2.24. The number of carbonyl (C=O) groups excluding carboxylic acids is 1. The number of aryl methyl sites for hydroxylation is 1. The minimum atomic E-state index is 0.151. The Morgan fingerprint density at radius 3 is 2.75 bits per heavy atom. The van der Waals surface area contributed by atoms with Crippen LogP contribution in [0.1, 0.15) is 56.9 Å². The fourth-order valence-electron chi connectivity index (χ4n) is 2.52. The molecule has 0 saturated heterocycles. The molecule has 4 heteroatoms. The number of nitrogens with two attached hydrogens (primary N) is 1. The van der Waals surface area contributed by atoms with Crippen LogP contribution in [-0.2, 0) is 6.54 Å². The zero-order valence-electron chi connectivity index (χ0n) is 12.9. The van der Waals surface area contributed by atoms with Crippen molar-refractivity contribution in [3.05, 3.63) is 18.0 Å². The van der Waals surface area contributed by atoms with Gasteiger partial charge in [0.2, 0.25) is 0 Å². The van der Waals surface area contributed by atoms with Crippen LogP contribution in [0.25, 0.3) is 0 Å². The van der Waals surface area contributed by atoms with Crippen LogP contribution < -0.4 is 5.73 Å². The van der Waals surface area contributed by atoms with E-state index in [4.69, 9.17) is 5.73 Å². The van der Waals surface area contributed by atoms with Gasteiger partial charge in [0, 0.05) is 25.3 Å². The quantitative estimate of drug-likeness (QED) is 0.832. The van der Waals surface area contributed by atoms with Gasteiger partial charge in [0.25, 0.3) is 5.91 Å². The molecule has 0 spiro atoms. The molecule has 2 rings (SSSR count). The second-order valence-electron chi connectivity index (χ2n) is 6.26. The van der Waals surface area contributed by atoms with Gasteiger partial charge in [-0.05, 0) is 37.7 Å². The standard InChI is InChI=1S/C16H27N3O/c1-4-8-18-11-13(17)10-15(18)16(20)19(14-5-6-14)9-7-12(2)3/h10-12,14H,4-9,17H2,1-3H3. The smallest absolute Gasteiger partial charge is 0.270 e. The van der Waals surface area contributed by atoms with E-state index in [9.17, 15) is 4.79 Å². The Bertz CT molecular complexity index is 460. The number of carbonyl (C=O) groups is 1. The van der Waals surface area contributed by atoms with Gasteiger partial charge < -0.3 is 15.2 Å². The summed E-state index contributed by atoms with van der Waals surface area (Å²) in [4.78, 5) is 14.9. The third-order valence-electron chi connectivity index (χ3n) is 3.80. The van der Waals surface area contributed by atoms with E-state index >= 15 is 0 Å². The van der Waals surface area contributed by atoms with E-state index in [1.807, 2.05) is 16.8 Å². The number of hydrogen-bond acceptors (Lipinski definition) is 2. The van der Waals surface area contributed by atoms with Crippen LogP contribution in [0.15, 0.2) is 12.3 Å². The summed E-state index contributed by atoms with van der Waals surface area (Å²) < 4.78 is 2.00. The van der Waals surface area contributed by atoms with Gasteiger partial charge in [0.15, 0.2) is 0 Å². The van der Waals surface area contributed by atoms with Crippen molar-refractivity contribution in [2.24, 2.45) is 5.92 Å². The van der Waals surface area contributed by atoms with Gasteiger partial charge in [-0.1, -0.05) is 20.8 Å². The number of hydrogen-bond donors (Lipinski definition) is 1. The maximum Gasteiger partial charge on any atom is 0.270 e. The highest BCUT2D eigenvalue weighted by molar-refractivity contribution is 5.94. The molecule has 0 unspecified atom stereocenters. The van der Waals surface area contributed by atoms with Crippen molar-refractivity contribution >= 4 is 11.6 Å². The third-order valence-corrected chi connectivity index (χ3v) is 3.80. The predicted molar refractivity (Wildman–Crippen MR) is 82.6 cm³/mol. The minimum absolute atomic E-state index is 0.151. The molecule has 1 amide bonds. The molecule has 1 saturated carbocycles. The molecule has 1 aromatic heterocycles. The monoisotopic (exact) mass is 277 g/mol. The van der Waals surface area contributed by atoms with Crippen molar-refractivity contribution < 1.29 is 4.79 Å². The van der Waals surface area contributed by atoms with Crippen LogP contribution in [0.3, 0.4) is 0 Å². The summed E-state index contributed by atoms with van der Waals surface area (Å²) in [6.45, 7) is 8.22. The van der Waals surface area contributed by atoms with Crippen molar-refractivity contribution in [1.82, 2.24) is 9.47 Å². The zero-order chi connectivity index (χ0) is 14.7. The maximum atomic E-state index is 12.8. The lowest BCUT2D eigenvalue weighted by atomic mass is 10.1. The number of aromatic nitrogens is 1. The Kier molecular flexibility index (Phi) is 4.73. The van der Waals surface area contributed by atoms with E-state index in [0.29, 0.717) is 17.6 Å². The summed E-state index contributed by atoms with van der Waals surface area (Å²) in [5.74, 6) is 0.773. The Labute approximate surface area is 121 Å². The molecule has 1 aliphatic rings. The fraction of sp³-hybridized carbons (Fsp3) is 0.688. The van der Waals surface area contributed by atoms with Crippen LogP contribution in [0.2, 0.25) is 0 Å². The number of nitrogen functional groups attached to an aromatic ring is 1. The first-order chi connectivity index (χ1) is 9.52. The van der Waals surface area contributed by atoms with Gasteiger partial charge in [-0.3, -0.25) is 4.79 Å². The van der Waals surface area contributed by atoms with Crippen molar-refractivity contribution in [3.8, 4) is 0 Å². The average Bonchev–Trinajstić information content (AvgIpc) is 3.14. The SMILES string of the molecule is CCCn1cc(N)cc1C(=O)N(CCC(C)C)C1CC1. The second-order valence-corrected chi connectivity index (χ2v) is 6.26. The lowest BCUT2D eigenvalue weighted by molar-refractivity contribution is 0.0724. The van der Waals surface area contributed by atoms with Crippen LogP contribution in [-0.4, -0.2) is 28.0 Å². The molecule has 112 valence electrons. The van der Waals surface area contributed by atoms with Crippen molar-refractivity contribution in [1.29, 1.82) is 0 Å². The van der Waals surface area contributed by atoms with Gasteiger partial charge in [0.1, 0.15) is 5.69 Å². The van der Waals surface area contributed by atoms with E-state index in [1.54, 1.807) is 0 Å². The zero-order valence-corrected chi connectivity index (χ0v) is 12.9. The van der Waals surface area contributed by atoms with E-state index in [-0.39, 0.29) is 5.91 Å². The topological polar surface area (TPSA) is 51.3 Å². The van der Waals surface area contributed by atoms with Gasteiger partial charge >= 0.3 is 0 Å². The van der Waals surface area contributed by atoms with Crippen LogP contribution in [0.5, 0.6) is 0 Å². The van der Waals surface area contributed by atoms with Crippen molar-refractivity contribution in [2.75, 3.05) is 12.3 Å². The number of rotatable bonds is 7. The first-order valence-corrected chi connectivity index (χ1v) is 7.79. The van der Waals surface area contributed by atoms with Crippen LogP contribution in [0, 0.1) is 5.92 Å². The highest BCUT2D eigenvalue weighted by Crippen LogP contribution is 2.29. The summed E-state index contributed by atoms with van der Waals surface area (Å²) in [6.07, 6.45) is 6.24. The highest BCUT2D eigenvalue weighted by Gasteiger charge is 2.33.